The number of hydrogen-bond acceptors (Lipinski definition) is 10. The number of carbonyl (C=O) groups excluding carboxylic acids is 7. The topological polar surface area (TPSA) is 254 Å². The highest BCUT2D eigenvalue weighted by atomic mass is 16.4. The van der Waals surface area contributed by atoms with Crippen LogP contribution in [0.15, 0.2) is 54.3 Å². The number of aromatic nitrogens is 1. The zero-order valence-corrected chi connectivity index (χ0v) is 39.4. The molecule has 18 nitrogen and oxygen atoms in total. The van der Waals surface area contributed by atoms with Crippen LogP contribution >= 0.6 is 0 Å². The molecule has 1 aliphatic rings. The molecule has 0 saturated heterocycles. The fraction of sp³-hybridized carbons (Fsp3) is 0.553. The number of Topliss-reactive ketones (excluding diaryl/α,β-unsaturated/α-hetero) is 1. The highest BCUT2D eigenvalue weighted by Gasteiger charge is 2.42. The summed E-state index contributed by atoms with van der Waals surface area (Å²) in [6.45, 7) is 14.6. The van der Waals surface area contributed by atoms with Gasteiger partial charge in [-0.15, -0.1) is 0 Å². The van der Waals surface area contributed by atoms with Crippen molar-refractivity contribution in [2.75, 3.05) is 27.2 Å². The number of amides is 6. The summed E-state index contributed by atoms with van der Waals surface area (Å²) in [6.07, 6.45) is 4.15. The van der Waals surface area contributed by atoms with Gasteiger partial charge in [-0.1, -0.05) is 72.7 Å². The van der Waals surface area contributed by atoms with Crippen molar-refractivity contribution in [1.82, 2.24) is 35.6 Å². The van der Waals surface area contributed by atoms with Gasteiger partial charge in [0.15, 0.2) is 0 Å². The monoisotopic (exact) mass is 905 g/mol. The first-order chi connectivity index (χ1) is 30.2. The molecule has 0 unspecified atom stereocenters. The van der Waals surface area contributed by atoms with Crippen LogP contribution in [0, 0.1) is 17.3 Å². The van der Waals surface area contributed by atoms with Gasteiger partial charge in [-0.2, -0.15) is 0 Å². The summed E-state index contributed by atoms with van der Waals surface area (Å²) < 4.78 is 2.02. The molecular formula is C47H67N7O11. The first kappa shape index (κ1) is 53.2. The Balaban J connectivity index is 1.65. The highest BCUT2D eigenvalue weighted by Crippen LogP contribution is 2.35. The van der Waals surface area contributed by atoms with Gasteiger partial charge in [0.05, 0.1) is 18.0 Å². The number of benzene rings is 1. The molecule has 6 amide bonds. The first-order valence-corrected chi connectivity index (χ1v) is 21.8. The summed E-state index contributed by atoms with van der Waals surface area (Å²) in [4.78, 5) is 117. The lowest BCUT2D eigenvalue weighted by Gasteiger charge is -2.39. The van der Waals surface area contributed by atoms with Crippen LogP contribution in [0.5, 0.6) is 0 Å². The number of likely N-dealkylation sites (N-methyl/N-ethyl adjacent to an activating group) is 2. The summed E-state index contributed by atoms with van der Waals surface area (Å²) in [7, 11) is 5.23. The number of carbonyl (C=O) groups is 9. The molecule has 0 aliphatic carbocycles. The predicted molar refractivity (Wildman–Crippen MR) is 243 cm³/mol. The average molecular weight is 906 g/mol. The van der Waals surface area contributed by atoms with Crippen molar-refractivity contribution in [3.8, 4) is 0 Å². The van der Waals surface area contributed by atoms with Gasteiger partial charge >= 0.3 is 11.9 Å². The minimum absolute atomic E-state index is 0.0413. The molecule has 2 aromatic rings. The maximum atomic E-state index is 14.4. The smallest absolute Gasteiger partial charge is 0.326 e. The van der Waals surface area contributed by atoms with Gasteiger partial charge < -0.3 is 40.9 Å². The van der Waals surface area contributed by atoms with Gasteiger partial charge in [-0.3, -0.25) is 43.3 Å². The van der Waals surface area contributed by atoms with E-state index < -0.39 is 94.6 Å². The van der Waals surface area contributed by atoms with Crippen molar-refractivity contribution in [2.24, 2.45) is 24.3 Å². The summed E-state index contributed by atoms with van der Waals surface area (Å²) in [5, 5.41) is 31.8. The molecule has 0 radical (unpaired) electrons. The number of rotatable bonds is 24. The average Bonchev–Trinajstić information content (AvgIpc) is 3.74. The van der Waals surface area contributed by atoms with Crippen LogP contribution in [0.4, 0.5) is 0 Å². The Kier molecular flexibility index (Phi) is 18.5. The number of ketones is 1. The van der Waals surface area contributed by atoms with Crippen molar-refractivity contribution in [3.05, 3.63) is 59.8 Å². The van der Waals surface area contributed by atoms with Gasteiger partial charge in [-0.25, -0.2) is 4.79 Å². The largest absolute Gasteiger partial charge is 0.481 e. The van der Waals surface area contributed by atoms with E-state index in [2.05, 4.69) is 21.3 Å². The van der Waals surface area contributed by atoms with Crippen LogP contribution in [0.3, 0.4) is 0 Å². The van der Waals surface area contributed by atoms with E-state index in [1.165, 1.54) is 11.8 Å². The lowest BCUT2D eigenvalue weighted by atomic mass is 9.76. The van der Waals surface area contributed by atoms with Gasteiger partial charge in [0.2, 0.25) is 23.6 Å². The maximum absolute atomic E-state index is 14.4. The van der Waals surface area contributed by atoms with Gasteiger partial charge in [-0.05, 0) is 49.8 Å². The number of nitrogens with zero attached hydrogens (tertiary/aromatic N) is 3. The molecule has 6 N–H and O–H groups in total. The summed E-state index contributed by atoms with van der Waals surface area (Å²) >= 11 is 0. The van der Waals surface area contributed by atoms with E-state index in [0.29, 0.717) is 0 Å². The third-order valence-electron chi connectivity index (χ3n) is 11.9. The van der Waals surface area contributed by atoms with E-state index in [1.54, 1.807) is 20.2 Å². The normalized spacial score (nSPS) is 15.6. The Labute approximate surface area is 380 Å². The molecule has 1 aliphatic heterocycles. The van der Waals surface area contributed by atoms with E-state index in [4.69, 9.17) is 0 Å². The molecule has 1 aromatic heterocycles. The number of para-hydroxylation sites is 1. The van der Waals surface area contributed by atoms with Gasteiger partial charge in [0.1, 0.15) is 17.9 Å². The number of aryl methyl sites for hydroxylation is 1. The fourth-order valence-corrected chi connectivity index (χ4v) is 8.02. The minimum atomic E-state index is -1.51. The third kappa shape index (κ3) is 13.9. The highest BCUT2D eigenvalue weighted by molar-refractivity contribution is 6.12. The van der Waals surface area contributed by atoms with E-state index in [1.807, 2.05) is 90.5 Å². The van der Waals surface area contributed by atoms with Crippen molar-refractivity contribution < 1.29 is 53.4 Å². The Morgan fingerprint density at radius 1 is 0.862 bits per heavy atom. The molecule has 1 aromatic carbocycles. The predicted octanol–water partition coefficient (Wildman–Crippen LogP) is 2.84. The van der Waals surface area contributed by atoms with Crippen LogP contribution in [0.1, 0.15) is 93.1 Å². The second-order valence-electron chi connectivity index (χ2n) is 18.7. The minimum Gasteiger partial charge on any atom is -0.481 e. The summed E-state index contributed by atoms with van der Waals surface area (Å²) in [5.41, 5.74) is 0.621. The van der Waals surface area contributed by atoms with Crippen LogP contribution in [0.25, 0.3) is 10.9 Å². The summed E-state index contributed by atoms with van der Waals surface area (Å²) in [5.74, 6) is -7.89. The van der Waals surface area contributed by atoms with E-state index >= 15 is 0 Å². The number of aliphatic carboxylic acids is 2. The molecule has 65 heavy (non-hydrogen) atoms. The van der Waals surface area contributed by atoms with Crippen molar-refractivity contribution >= 4 is 64.1 Å². The van der Waals surface area contributed by atoms with Crippen molar-refractivity contribution in [3.63, 3.8) is 0 Å². The summed E-state index contributed by atoms with van der Waals surface area (Å²) in [6, 6.07) is 4.03. The third-order valence-corrected chi connectivity index (χ3v) is 11.9. The number of fused-ring (bicyclic) bond motifs is 1. The van der Waals surface area contributed by atoms with E-state index in [0.717, 1.165) is 33.5 Å². The molecule has 356 valence electrons. The Hall–Kier alpha value is -6.17. The van der Waals surface area contributed by atoms with Crippen molar-refractivity contribution in [2.45, 2.75) is 117 Å². The lowest BCUT2D eigenvalue weighted by Crippen LogP contribution is -2.61. The second kappa shape index (κ2) is 22.6. The zero-order chi connectivity index (χ0) is 49.1. The Morgan fingerprint density at radius 2 is 1.48 bits per heavy atom. The van der Waals surface area contributed by atoms with E-state index in [9.17, 15) is 53.4 Å². The molecule has 0 fully saturated rings. The molecule has 0 spiro atoms. The molecule has 2 heterocycles. The molecule has 0 bridgehead atoms. The fourth-order valence-electron chi connectivity index (χ4n) is 8.02. The second-order valence-corrected chi connectivity index (χ2v) is 18.7. The van der Waals surface area contributed by atoms with Gasteiger partial charge in [0, 0.05) is 86.7 Å². The van der Waals surface area contributed by atoms with Crippen LogP contribution in [0.2, 0.25) is 0 Å². The Morgan fingerprint density at radius 3 is 2.03 bits per heavy atom. The maximum Gasteiger partial charge on any atom is 0.326 e. The molecule has 3 rings (SSSR count). The number of carboxylic acid groups (broad SMARTS) is 2. The van der Waals surface area contributed by atoms with Crippen LogP contribution < -0.4 is 21.3 Å². The van der Waals surface area contributed by atoms with Crippen LogP contribution in [-0.2, 0) is 55.6 Å². The lowest BCUT2D eigenvalue weighted by molar-refractivity contribution is -0.145. The molecule has 0 saturated carbocycles. The van der Waals surface area contributed by atoms with Crippen molar-refractivity contribution in [1.29, 1.82) is 0 Å². The number of nitrogens with one attached hydrogen (secondary N) is 4. The van der Waals surface area contributed by atoms with Gasteiger partial charge in [0.25, 0.3) is 11.8 Å². The molecule has 5 atom stereocenters. The molecule has 18 heteroatoms. The van der Waals surface area contributed by atoms with E-state index in [-0.39, 0.29) is 56.2 Å². The zero-order valence-electron chi connectivity index (χ0n) is 39.4. The molecular weight excluding hydrogens is 839 g/mol. The number of hydrogen-bond donors (Lipinski definition) is 6. The quantitative estimate of drug-likeness (QED) is 0.0657. The number of imide groups is 1. The standard InChI is InChI=1S/C47H67N7O11/c1-27(2)35(53(11)43(61)40(46(4,5)6)51-42(60)39(48-9)47(7,8)32-26-52(10)34-15-13-12-14-31(32)34)24-28(3)41(59)50-33(45(64)65)18-17-30(55)25-29(44(62)63)16-19-36(56)49-22-23-54-37(57)20-21-38(54)58/h12-15,20-21,24,26-27,29,33,35,39-40,48H,16-19,22-23,25H2,1-11H3,(H,49,56)(H,50,59)(H,51,60)(H,62,63)(H,64,65)/b28-24+/t29-,33+,35+,39+,40+/m0/s1. The first-order valence-electron chi connectivity index (χ1n) is 21.8. The number of carboxylic acids is 2. The Bertz CT molecular complexity index is 2180. The SMILES string of the molecule is CN[C@H](C(=O)N[C@H](C(=O)N(C)[C@H](/C=C(\C)C(=O)N[C@H](CCC(=O)C[C@H](CCC(=O)NCCN1C(=O)C=CC1=O)C(=O)O)C(=O)O)C(C)C)C(C)(C)C)C(C)(C)c1cn(C)c2ccccc12. The van der Waals surface area contributed by atoms with Crippen LogP contribution in [-0.4, -0.2) is 129 Å².